The van der Waals surface area contributed by atoms with Gasteiger partial charge in [-0.15, -0.1) is 0 Å². The Morgan fingerprint density at radius 2 is 1.62 bits per heavy atom. The van der Waals surface area contributed by atoms with E-state index in [2.05, 4.69) is 5.10 Å². The van der Waals surface area contributed by atoms with E-state index in [0.29, 0.717) is 26.2 Å². The van der Waals surface area contributed by atoms with Crippen LogP contribution in [0.2, 0.25) is 0 Å². The molecule has 6 heteroatoms. The zero-order valence-corrected chi connectivity index (χ0v) is 13.3. The lowest BCUT2D eigenvalue weighted by Crippen LogP contribution is -2.50. The van der Waals surface area contributed by atoms with Gasteiger partial charge in [-0.05, 0) is 12.8 Å². The van der Waals surface area contributed by atoms with Gasteiger partial charge in [0.1, 0.15) is 0 Å². The lowest BCUT2D eigenvalue weighted by atomic mass is 10.1. The Kier molecular flexibility index (Phi) is 4.65. The maximum absolute atomic E-state index is 12.8. The molecule has 1 fully saturated rings. The molecule has 6 nitrogen and oxygen atoms in total. The van der Waals surface area contributed by atoms with Crippen LogP contribution < -0.4 is 0 Å². The molecule has 1 aliphatic heterocycles. The lowest BCUT2D eigenvalue weighted by Gasteiger charge is -2.34. The number of piperazine rings is 1. The van der Waals surface area contributed by atoms with Crippen LogP contribution in [0, 0.1) is 0 Å². The van der Waals surface area contributed by atoms with Crippen LogP contribution in [0.5, 0.6) is 0 Å². The third kappa shape index (κ3) is 2.94. The number of aromatic nitrogens is 2. The molecule has 0 aliphatic carbocycles. The largest absolute Gasteiger partial charge is 0.339 e. The first-order chi connectivity index (χ1) is 9.99. The molecule has 2 amide bonds. The normalized spacial score (nSPS) is 15.4. The number of hydrogen-bond donors (Lipinski definition) is 0. The van der Waals surface area contributed by atoms with Crippen LogP contribution in [-0.4, -0.2) is 57.6 Å². The summed E-state index contributed by atoms with van der Waals surface area (Å²) in [4.78, 5) is 27.8. The minimum absolute atomic E-state index is 0.0556. The van der Waals surface area contributed by atoms with Crippen LogP contribution >= 0.6 is 0 Å². The first-order valence-electron chi connectivity index (χ1n) is 7.59. The summed E-state index contributed by atoms with van der Waals surface area (Å²) >= 11 is 0. The molecule has 21 heavy (non-hydrogen) atoms. The second-order valence-electron chi connectivity index (χ2n) is 5.40. The topological polar surface area (TPSA) is 58.4 Å². The number of nitrogens with zero attached hydrogens (tertiary/aromatic N) is 4. The minimum atomic E-state index is 0.0556. The number of hydrogen-bond acceptors (Lipinski definition) is 3. The Bertz CT molecular complexity index is 542. The van der Waals surface area contributed by atoms with Gasteiger partial charge < -0.3 is 9.80 Å². The van der Waals surface area contributed by atoms with Gasteiger partial charge in [-0.3, -0.25) is 14.3 Å². The second kappa shape index (κ2) is 6.28. The van der Waals surface area contributed by atoms with Crippen LogP contribution in [0.1, 0.15) is 42.5 Å². The Balaban J connectivity index is 2.19. The minimum Gasteiger partial charge on any atom is -0.339 e. The summed E-state index contributed by atoms with van der Waals surface area (Å²) in [5, 5.41) is 4.46. The Morgan fingerprint density at radius 1 is 1.05 bits per heavy atom. The molecule has 0 radical (unpaired) electrons. The number of aryl methyl sites for hydroxylation is 2. The molecule has 0 aromatic carbocycles. The molecule has 0 unspecified atom stereocenters. The average molecular weight is 292 g/mol. The van der Waals surface area contributed by atoms with Crippen molar-refractivity contribution in [1.82, 2.24) is 19.6 Å². The van der Waals surface area contributed by atoms with Crippen molar-refractivity contribution < 1.29 is 9.59 Å². The van der Waals surface area contributed by atoms with E-state index in [4.69, 9.17) is 0 Å². The summed E-state index contributed by atoms with van der Waals surface area (Å²) in [6, 6.07) is 0. The van der Waals surface area contributed by atoms with Crippen molar-refractivity contribution in [1.29, 1.82) is 0 Å². The Labute approximate surface area is 125 Å². The molecule has 1 aromatic rings. The fraction of sp³-hybridized carbons (Fsp3) is 0.667. The zero-order valence-electron chi connectivity index (χ0n) is 13.3. The predicted molar refractivity (Wildman–Crippen MR) is 80.1 cm³/mol. The van der Waals surface area contributed by atoms with Gasteiger partial charge in [0.25, 0.3) is 5.91 Å². The van der Waals surface area contributed by atoms with Gasteiger partial charge in [-0.25, -0.2) is 0 Å². The molecule has 1 aromatic heterocycles. The van der Waals surface area contributed by atoms with Crippen molar-refractivity contribution in [2.75, 3.05) is 26.2 Å². The standard InChI is InChI=1S/C15H24N4O2/c1-5-12-14(13(6-2)17(4)16-12)15(21)19-9-7-18(8-10-19)11(3)20/h5-10H2,1-4H3. The summed E-state index contributed by atoms with van der Waals surface area (Å²) < 4.78 is 1.82. The van der Waals surface area contributed by atoms with Crippen LogP contribution in [0.15, 0.2) is 0 Å². The van der Waals surface area contributed by atoms with E-state index in [9.17, 15) is 9.59 Å². The first kappa shape index (κ1) is 15.5. The van der Waals surface area contributed by atoms with Gasteiger partial charge in [-0.2, -0.15) is 5.10 Å². The highest BCUT2D eigenvalue weighted by Crippen LogP contribution is 2.19. The van der Waals surface area contributed by atoms with Crippen molar-refractivity contribution >= 4 is 11.8 Å². The second-order valence-corrected chi connectivity index (χ2v) is 5.40. The van der Waals surface area contributed by atoms with E-state index >= 15 is 0 Å². The van der Waals surface area contributed by atoms with Crippen LogP contribution in [0.25, 0.3) is 0 Å². The van der Waals surface area contributed by atoms with Crippen LogP contribution in [0.4, 0.5) is 0 Å². The van der Waals surface area contributed by atoms with Crippen LogP contribution in [0.3, 0.4) is 0 Å². The Hall–Kier alpha value is -1.85. The molecular formula is C15H24N4O2. The molecule has 0 atom stereocenters. The van der Waals surface area contributed by atoms with E-state index in [-0.39, 0.29) is 11.8 Å². The maximum atomic E-state index is 12.8. The molecular weight excluding hydrogens is 268 g/mol. The van der Waals surface area contributed by atoms with Crippen molar-refractivity contribution in [3.63, 3.8) is 0 Å². The van der Waals surface area contributed by atoms with E-state index in [1.54, 1.807) is 11.8 Å². The van der Waals surface area contributed by atoms with Crippen LogP contribution in [-0.2, 0) is 24.7 Å². The zero-order chi connectivity index (χ0) is 15.6. The molecule has 0 N–H and O–H groups in total. The molecule has 116 valence electrons. The predicted octanol–water partition coefficient (Wildman–Crippen LogP) is 0.849. The molecule has 2 rings (SSSR count). The highest BCUT2D eigenvalue weighted by atomic mass is 16.2. The monoisotopic (exact) mass is 292 g/mol. The summed E-state index contributed by atoms with van der Waals surface area (Å²) in [5.74, 6) is 0.131. The van der Waals surface area contributed by atoms with Crippen molar-refractivity contribution in [2.24, 2.45) is 7.05 Å². The average Bonchev–Trinajstić information content (AvgIpc) is 2.82. The van der Waals surface area contributed by atoms with E-state index in [1.807, 2.05) is 30.5 Å². The SMILES string of the molecule is CCc1nn(C)c(CC)c1C(=O)N1CCN(C(C)=O)CC1. The molecule has 0 spiro atoms. The summed E-state index contributed by atoms with van der Waals surface area (Å²) in [6.07, 6.45) is 1.54. The quantitative estimate of drug-likeness (QED) is 0.830. The molecule has 2 heterocycles. The third-order valence-corrected chi connectivity index (χ3v) is 4.13. The summed E-state index contributed by atoms with van der Waals surface area (Å²) in [7, 11) is 1.89. The highest BCUT2D eigenvalue weighted by molar-refractivity contribution is 5.96. The van der Waals surface area contributed by atoms with Gasteiger partial charge in [0.2, 0.25) is 5.91 Å². The van der Waals surface area contributed by atoms with E-state index in [1.165, 1.54) is 0 Å². The molecule has 1 aliphatic rings. The Morgan fingerprint density at radius 3 is 2.10 bits per heavy atom. The van der Waals surface area contributed by atoms with Gasteiger partial charge in [0, 0.05) is 40.2 Å². The fourth-order valence-electron chi connectivity index (χ4n) is 2.90. The maximum Gasteiger partial charge on any atom is 0.257 e. The number of rotatable bonds is 3. The van der Waals surface area contributed by atoms with Gasteiger partial charge in [-0.1, -0.05) is 13.8 Å². The van der Waals surface area contributed by atoms with Gasteiger partial charge >= 0.3 is 0 Å². The lowest BCUT2D eigenvalue weighted by molar-refractivity contribution is -0.130. The summed E-state index contributed by atoms with van der Waals surface area (Å²) in [6.45, 7) is 8.06. The van der Waals surface area contributed by atoms with Gasteiger partial charge in [0.15, 0.2) is 0 Å². The molecule has 1 saturated heterocycles. The van der Waals surface area contributed by atoms with E-state index < -0.39 is 0 Å². The summed E-state index contributed by atoms with van der Waals surface area (Å²) in [5.41, 5.74) is 2.62. The van der Waals surface area contributed by atoms with Gasteiger partial charge in [0.05, 0.1) is 17.0 Å². The highest BCUT2D eigenvalue weighted by Gasteiger charge is 2.28. The number of carbonyl (C=O) groups excluding carboxylic acids is 2. The third-order valence-electron chi connectivity index (χ3n) is 4.13. The van der Waals surface area contributed by atoms with E-state index in [0.717, 1.165) is 29.8 Å². The van der Waals surface area contributed by atoms with Crippen molar-refractivity contribution in [3.8, 4) is 0 Å². The first-order valence-corrected chi connectivity index (χ1v) is 7.59. The smallest absolute Gasteiger partial charge is 0.257 e. The number of amides is 2. The molecule has 0 saturated carbocycles. The van der Waals surface area contributed by atoms with Crippen molar-refractivity contribution in [3.05, 3.63) is 17.0 Å². The number of carbonyl (C=O) groups is 2. The molecule has 0 bridgehead atoms. The van der Waals surface area contributed by atoms with Crippen molar-refractivity contribution in [2.45, 2.75) is 33.6 Å². The fourth-order valence-corrected chi connectivity index (χ4v) is 2.90.